The Kier molecular flexibility index (Phi) is 9.55. The second-order valence-electron chi connectivity index (χ2n) is 7.54. The minimum absolute atomic E-state index is 0.165. The van der Waals surface area contributed by atoms with Gasteiger partial charge in [0.25, 0.3) is 11.8 Å². The molecular formula is C24H31N3O4. The molecule has 2 N–H and O–H groups in total. The summed E-state index contributed by atoms with van der Waals surface area (Å²) in [4.78, 5) is 24.9. The van der Waals surface area contributed by atoms with Gasteiger partial charge in [-0.3, -0.25) is 9.59 Å². The third-order valence-corrected chi connectivity index (χ3v) is 4.39. The van der Waals surface area contributed by atoms with E-state index in [1.54, 1.807) is 12.3 Å². The molecule has 0 unspecified atom stereocenters. The molecule has 7 heteroatoms. The van der Waals surface area contributed by atoms with Crippen molar-refractivity contribution in [3.05, 3.63) is 59.7 Å². The fourth-order valence-corrected chi connectivity index (χ4v) is 2.87. The van der Waals surface area contributed by atoms with Crippen molar-refractivity contribution in [2.75, 3.05) is 13.2 Å². The highest BCUT2D eigenvalue weighted by Gasteiger charge is 2.22. The second-order valence-corrected chi connectivity index (χ2v) is 7.54. The molecule has 2 aromatic rings. The van der Waals surface area contributed by atoms with Crippen molar-refractivity contribution in [2.24, 2.45) is 11.0 Å². The highest BCUT2D eigenvalue weighted by atomic mass is 16.5. The SMILES string of the molecule is CCOc1ccc(/C=N\NC(=O)[C@@H](CC(C)C)NC(=O)COc2ccccc2C)cc1. The first-order valence-corrected chi connectivity index (χ1v) is 10.4. The minimum atomic E-state index is -0.703. The molecule has 1 atom stereocenters. The average Bonchev–Trinajstić information content (AvgIpc) is 2.74. The Labute approximate surface area is 183 Å². The van der Waals surface area contributed by atoms with Gasteiger partial charge in [0.15, 0.2) is 6.61 Å². The molecule has 166 valence electrons. The summed E-state index contributed by atoms with van der Waals surface area (Å²) in [6.07, 6.45) is 2.03. The van der Waals surface area contributed by atoms with Crippen LogP contribution in [0.5, 0.6) is 11.5 Å². The first-order valence-electron chi connectivity index (χ1n) is 10.4. The number of carbonyl (C=O) groups is 2. The van der Waals surface area contributed by atoms with Gasteiger partial charge in [0.2, 0.25) is 0 Å². The van der Waals surface area contributed by atoms with E-state index in [0.717, 1.165) is 16.9 Å². The largest absolute Gasteiger partial charge is 0.494 e. The van der Waals surface area contributed by atoms with Crippen molar-refractivity contribution in [2.45, 2.75) is 40.2 Å². The number of aryl methyl sites for hydroxylation is 1. The van der Waals surface area contributed by atoms with E-state index in [1.165, 1.54) is 0 Å². The fourth-order valence-electron chi connectivity index (χ4n) is 2.87. The maximum atomic E-state index is 12.6. The van der Waals surface area contributed by atoms with Crippen molar-refractivity contribution in [1.29, 1.82) is 0 Å². The highest BCUT2D eigenvalue weighted by molar-refractivity contribution is 5.89. The number of nitrogens with zero attached hydrogens (tertiary/aromatic N) is 1. The van der Waals surface area contributed by atoms with Crippen LogP contribution in [0, 0.1) is 12.8 Å². The van der Waals surface area contributed by atoms with E-state index in [2.05, 4.69) is 15.8 Å². The number of benzene rings is 2. The standard InChI is InChI=1S/C24H31N3O4/c1-5-30-20-12-10-19(11-13-20)15-25-27-24(29)21(14-17(2)3)26-23(28)16-31-22-9-7-6-8-18(22)4/h6-13,15,17,21H,5,14,16H2,1-4H3,(H,26,28)(H,27,29)/b25-15-/t21-/m1/s1. The lowest BCUT2D eigenvalue weighted by molar-refractivity contribution is -0.130. The van der Waals surface area contributed by atoms with Crippen molar-refractivity contribution >= 4 is 18.0 Å². The summed E-state index contributed by atoms with van der Waals surface area (Å²) in [5.74, 6) is 0.891. The number of hydrazone groups is 1. The van der Waals surface area contributed by atoms with Gasteiger partial charge in [-0.15, -0.1) is 0 Å². The molecule has 0 heterocycles. The first kappa shape index (κ1) is 23.9. The molecule has 0 saturated carbocycles. The average molecular weight is 426 g/mol. The van der Waals surface area contributed by atoms with E-state index in [-0.39, 0.29) is 24.3 Å². The number of para-hydroxylation sites is 1. The molecule has 0 aliphatic carbocycles. The zero-order chi connectivity index (χ0) is 22.6. The molecule has 0 aliphatic heterocycles. The number of carbonyl (C=O) groups excluding carboxylic acids is 2. The molecule has 0 radical (unpaired) electrons. The summed E-state index contributed by atoms with van der Waals surface area (Å²) in [5, 5.41) is 6.75. The molecule has 2 aromatic carbocycles. The van der Waals surface area contributed by atoms with E-state index in [9.17, 15) is 9.59 Å². The van der Waals surface area contributed by atoms with Crippen LogP contribution < -0.4 is 20.2 Å². The van der Waals surface area contributed by atoms with Crippen LogP contribution >= 0.6 is 0 Å². The monoisotopic (exact) mass is 425 g/mol. The van der Waals surface area contributed by atoms with Gasteiger partial charge in [0.1, 0.15) is 17.5 Å². The molecule has 0 aromatic heterocycles. The Hall–Kier alpha value is -3.35. The van der Waals surface area contributed by atoms with Crippen LogP contribution in [0.15, 0.2) is 53.6 Å². The molecule has 2 rings (SSSR count). The Morgan fingerprint density at radius 2 is 1.77 bits per heavy atom. The Bertz CT molecular complexity index is 879. The molecule has 0 saturated heterocycles. The summed E-state index contributed by atoms with van der Waals surface area (Å²) >= 11 is 0. The van der Waals surface area contributed by atoms with Gasteiger partial charge in [-0.25, -0.2) is 5.43 Å². The minimum Gasteiger partial charge on any atom is -0.494 e. The molecule has 0 spiro atoms. The van der Waals surface area contributed by atoms with E-state index in [1.807, 2.05) is 70.2 Å². The zero-order valence-corrected chi connectivity index (χ0v) is 18.6. The quantitative estimate of drug-likeness (QED) is 0.426. The van der Waals surface area contributed by atoms with Crippen molar-refractivity contribution < 1.29 is 19.1 Å². The molecule has 7 nitrogen and oxygen atoms in total. The third-order valence-electron chi connectivity index (χ3n) is 4.39. The number of ether oxygens (including phenoxy) is 2. The van der Waals surface area contributed by atoms with Gasteiger partial charge in [-0.2, -0.15) is 5.10 Å². The lowest BCUT2D eigenvalue weighted by Gasteiger charge is -2.19. The maximum Gasteiger partial charge on any atom is 0.262 e. The molecule has 0 fully saturated rings. The van der Waals surface area contributed by atoms with Crippen molar-refractivity contribution in [3.8, 4) is 11.5 Å². The summed E-state index contributed by atoms with van der Waals surface area (Å²) in [6, 6.07) is 14.1. The van der Waals surface area contributed by atoms with Crippen LogP contribution in [-0.4, -0.2) is 37.3 Å². The predicted octanol–water partition coefficient (Wildman–Crippen LogP) is 3.45. The van der Waals surface area contributed by atoms with E-state index < -0.39 is 6.04 Å². The van der Waals surface area contributed by atoms with Crippen LogP contribution in [0.3, 0.4) is 0 Å². The molecule has 0 bridgehead atoms. The van der Waals surface area contributed by atoms with Crippen molar-refractivity contribution in [3.63, 3.8) is 0 Å². The Balaban J connectivity index is 1.90. The molecule has 31 heavy (non-hydrogen) atoms. The second kappa shape index (κ2) is 12.4. The van der Waals surface area contributed by atoms with E-state index in [0.29, 0.717) is 18.8 Å². The summed E-state index contributed by atoms with van der Waals surface area (Å²) in [5.41, 5.74) is 4.27. The van der Waals surface area contributed by atoms with Crippen molar-refractivity contribution in [1.82, 2.24) is 10.7 Å². The molecule has 0 aliphatic rings. The zero-order valence-electron chi connectivity index (χ0n) is 18.6. The summed E-state index contributed by atoms with van der Waals surface area (Å²) in [6.45, 7) is 8.24. The normalized spacial score (nSPS) is 11.9. The first-order chi connectivity index (χ1) is 14.9. The Morgan fingerprint density at radius 1 is 1.06 bits per heavy atom. The predicted molar refractivity (Wildman–Crippen MR) is 121 cm³/mol. The van der Waals surface area contributed by atoms with Crippen LogP contribution in [-0.2, 0) is 9.59 Å². The molecular weight excluding hydrogens is 394 g/mol. The highest BCUT2D eigenvalue weighted by Crippen LogP contribution is 2.16. The van der Waals surface area contributed by atoms with Gasteiger partial charge in [-0.05, 0) is 67.6 Å². The van der Waals surface area contributed by atoms with Crippen LogP contribution in [0.4, 0.5) is 0 Å². The van der Waals surface area contributed by atoms with Gasteiger partial charge in [-0.1, -0.05) is 32.0 Å². The summed E-state index contributed by atoms with van der Waals surface area (Å²) < 4.78 is 11.0. The van der Waals surface area contributed by atoms with Gasteiger partial charge < -0.3 is 14.8 Å². The fraction of sp³-hybridized carbons (Fsp3) is 0.375. The summed E-state index contributed by atoms with van der Waals surface area (Å²) in [7, 11) is 0. The maximum absolute atomic E-state index is 12.6. The lowest BCUT2D eigenvalue weighted by atomic mass is 10.0. The third kappa shape index (κ3) is 8.50. The van der Waals surface area contributed by atoms with Crippen LogP contribution in [0.1, 0.15) is 38.3 Å². The Morgan fingerprint density at radius 3 is 2.42 bits per heavy atom. The van der Waals surface area contributed by atoms with Crippen LogP contribution in [0.2, 0.25) is 0 Å². The topological polar surface area (TPSA) is 89.0 Å². The number of amides is 2. The van der Waals surface area contributed by atoms with Gasteiger partial charge >= 0.3 is 0 Å². The number of rotatable bonds is 11. The van der Waals surface area contributed by atoms with Crippen LogP contribution in [0.25, 0.3) is 0 Å². The van der Waals surface area contributed by atoms with Gasteiger partial charge in [0, 0.05) is 0 Å². The number of hydrogen-bond donors (Lipinski definition) is 2. The number of hydrogen-bond acceptors (Lipinski definition) is 5. The number of nitrogens with one attached hydrogen (secondary N) is 2. The van der Waals surface area contributed by atoms with E-state index >= 15 is 0 Å². The van der Waals surface area contributed by atoms with Gasteiger partial charge in [0.05, 0.1) is 12.8 Å². The molecule has 2 amide bonds. The lowest BCUT2D eigenvalue weighted by Crippen LogP contribution is -2.47. The van der Waals surface area contributed by atoms with E-state index in [4.69, 9.17) is 9.47 Å². The smallest absolute Gasteiger partial charge is 0.262 e.